The predicted molar refractivity (Wildman–Crippen MR) is 122 cm³/mol. The van der Waals surface area contributed by atoms with Gasteiger partial charge in [0.25, 0.3) is 0 Å². The number of hydrogen-bond acceptors (Lipinski definition) is 4. The van der Waals surface area contributed by atoms with E-state index >= 15 is 0 Å². The van der Waals surface area contributed by atoms with Crippen LogP contribution in [0.2, 0.25) is 0 Å². The smallest absolute Gasteiger partial charge is 0.215 e. The van der Waals surface area contributed by atoms with E-state index < -0.39 is 10.0 Å². The number of sulfonamides is 1. The summed E-state index contributed by atoms with van der Waals surface area (Å²) in [5.41, 5.74) is 2.97. The Kier molecular flexibility index (Phi) is 9.79. The Labute approximate surface area is 180 Å². The quantitative estimate of drug-likeness (QED) is 0.288. The second-order valence-electron chi connectivity index (χ2n) is 6.91. The third kappa shape index (κ3) is 8.52. The topological polar surface area (TPSA) is 91.8 Å². The molecule has 2 aromatic rings. The molecule has 8 heteroatoms. The summed E-state index contributed by atoms with van der Waals surface area (Å²) < 4.78 is 31.4. The Balaban J connectivity index is 1.67. The Morgan fingerprint density at radius 1 is 1.03 bits per heavy atom. The first-order chi connectivity index (χ1) is 14.4. The van der Waals surface area contributed by atoms with Gasteiger partial charge < -0.3 is 15.4 Å². The molecular weight excluding hydrogens is 400 g/mol. The van der Waals surface area contributed by atoms with Crippen molar-refractivity contribution >= 4 is 16.0 Å². The van der Waals surface area contributed by atoms with E-state index in [1.54, 1.807) is 7.05 Å². The summed E-state index contributed by atoms with van der Waals surface area (Å²) in [7, 11) is -0.106. The molecule has 1 atom stereocenters. The first-order valence-electron chi connectivity index (χ1n) is 10.0. The van der Waals surface area contributed by atoms with Crippen LogP contribution >= 0.6 is 0 Å². The number of rotatable bonds is 11. The number of aliphatic imine (C=N–C) groups is 1. The van der Waals surface area contributed by atoms with Gasteiger partial charge in [0, 0.05) is 26.7 Å². The Morgan fingerprint density at radius 3 is 2.33 bits per heavy atom. The molecule has 7 nitrogen and oxygen atoms in total. The molecule has 3 N–H and O–H groups in total. The van der Waals surface area contributed by atoms with Crippen LogP contribution in [0.3, 0.4) is 0 Å². The number of nitrogens with zero attached hydrogens (tertiary/aromatic N) is 1. The van der Waals surface area contributed by atoms with Crippen LogP contribution in [0.25, 0.3) is 0 Å². The molecule has 0 aliphatic carbocycles. The Bertz CT molecular complexity index is 884. The van der Waals surface area contributed by atoms with Gasteiger partial charge in [-0.05, 0) is 37.1 Å². The van der Waals surface area contributed by atoms with Crippen LogP contribution in [0.1, 0.15) is 36.1 Å². The summed E-state index contributed by atoms with van der Waals surface area (Å²) in [6.07, 6.45) is 0.946. The second-order valence-corrected chi connectivity index (χ2v) is 8.84. The maximum Gasteiger partial charge on any atom is 0.215 e. The molecule has 1 unspecified atom stereocenters. The molecule has 0 spiro atoms. The maximum absolute atomic E-state index is 11.6. The van der Waals surface area contributed by atoms with Gasteiger partial charge in [-0.3, -0.25) is 4.99 Å². The summed E-state index contributed by atoms with van der Waals surface area (Å²) in [4.78, 5) is 4.23. The fourth-order valence-electron chi connectivity index (χ4n) is 2.81. The summed E-state index contributed by atoms with van der Waals surface area (Å²) >= 11 is 0. The van der Waals surface area contributed by atoms with Gasteiger partial charge in [-0.1, -0.05) is 54.6 Å². The number of guanidine groups is 1. The minimum atomic E-state index is -3.26. The average Bonchev–Trinajstić information content (AvgIpc) is 2.77. The summed E-state index contributed by atoms with van der Waals surface area (Å²) in [5, 5.41) is 6.53. The SMILES string of the molecule is CN=C(NCCCOC(C)c1ccccc1)NCc1ccc(CS(=O)(=O)NC)cc1. The number of nitrogens with one attached hydrogen (secondary N) is 3. The van der Waals surface area contributed by atoms with Crippen molar-refractivity contribution in [3.05, 3.63) is 71.3 Å². The van der Waals surface area contributed by atoms with Crippen LogP contribution in [0.5, 0.6) is 0 Å². The summed E-state index contributed by atoms with van der Waals surface area (Å²) in [5.74, 6) is 0.693. The van der Waals surface area contributed by atoms with Crippen molar-refractivity contribution in [2.75, 3.05) is 27.2 Å². The first kappa shape index (κ1) is 23.9. The van der Waals surface area contributed by atoms with E-state index in [1.165, 1.54) is 12.6 Å². The molecule has 0 aromatic heterocycles. The minimum absolute atomic E-state index is 0.0224. The molecule has 2 rings (SSSR count). The second kappa shape index (κ2) is 12.3. The van der Waals surface area contributed by atoms with Crippen molar-refractivity contribution in [3.8, 4) is 0 Å². The number of ether oxygens (including phenoxy) is 1. The van der Waals surface area contributed by atoms with Gasteiger partial charge in [0.2, 0.25) is 10.0 Å². The van der Waals surface area contributed by atoms with Gasteiger partial charge in [0.1, 0.15) is 0 Å². The molecule has 0 bridgehead atoms. The molecule has 0 heterocycles. The van der Waals surface area contributed by atoms with Crippen LogP contribution < -0.4 is 15.4 Å². The van der Waals surface area contributed by atoms with Crippen LogP contribution in [0, 0.1) is 0 Å². The van der Waals surface area contributed by atoms with E-state index in [0.29, 0.717) is 19.1 Å². The average molecular weight is 433 g/mol. The van der Waals surface area contributed by atoms with Gasteiger partial charge in [-0.2, -0.15) is 0 Å². The van der Waals surface area contributed by atoms with E-state index in [2.05, 4.69) is 39.4 Å². The fraction of sp³-hybridized carbons (Fsp3) is 0.409. The zero-order valence-corrected chi connectivity index (χ0v) is 18.7. The molecule has 164 valence electrons. The number of benzene rings is 2. The monoisotopic (exact) mass is 432 g/mol. The normalized spacial score (nSPS) is 13.1. The van der Waals surface area contributed by atoms with Crippen LogP contribution in [0.4, 0.5) is 0 Å². The van der Waals surface area contributed by atoms with Crippen molar-refractivity contribution in [2.24, 2.45) is 4.99 Å². The molecule has 0 aliphatic heterocycles. The van der Waals surface area contributed by atoms with Gasteiger partial charge >= 0.3 is 0 Å². The zero-order chi connectivity index (χ0) is 21.8. The molecule has 0 radical (unpaired) electrons. The van der Waals surface area contributed by atoms with Crippen molar-refractivity contribution in [3.63, 3.8) is 0 Å². The lowest BCUT2D eigenvalue weighted by Crippen LogP contribution is -2.37. The molecule has 30 heavy (non-hydrogen) atoms. The molecule has 0 saturated carbocycles. The first-order valence-corrected chi connectivity index (χ1v) is 11.7. The van der Waals surface area contributed by atoms with E-state index in [4.69, 9.17) is 4.74 Å². The highest BCUT2D eigenvalue weighted by Crippen LogP contribution is 2.15. The predicted octanol–water partition coefficient (Wildman–Crippen LogP) is 2.57. The lowest BCUT2D eigenvalue weighted by molar-refractivity contribution is 0.0646. The molecule has 0 fully saturated rings. The maximum atomic E-state index is 11.6. The van der Waals surface area contributed by atoms with Crippen LogP contribution in [-0.2, 0) is 27.1 Å². The Hall–Kier alpha value is -2.42. The van der Waals surface area contributed by atoms with Gasteiger partial charge in [0.05, 0.1) is 11.9 Å². The minimum Gasteiger partial charge on any atom is -0.374 e. The third-order valence-electron chi connectivity index (χ3n) is 4.62. The fourth-order valence-corrected chi connectivity index (χ4v) is 3.59. The molecule has 0 amide bonds. The van der Waals surface area contributed by atoms with E-state index in [-0.39, 0.29) is 11.9 Å². The van der Waals surface area contributed by atoms with Crippen molar-refractivity contribution in [1.29, 1.82) is 0 Å². The van der Waals surface area contributed by atoms with Crippen LogP contribution in [0.15, 0.2) is 59.6 Å². The lowest BCUT2D eigenvalue weighted by Gasteiger charge is -2.15. The highest BCUT2D eigenvalue weighted by atomic mass is 32.2. The molecule has 0 aliphatic rings. The lowest BCUT2D eigenvalue weighted by atomic mass is 10.1. The summed E-state index contributed by atoms with van der Waals surface area (Å²) in [6, 6.07) is 17.7. The van der Waals surface area contributed by atoms with Crippen molar-refractivity contribution < 1.29 is 13.2 Å². The van der Waals surface area contributed by atoms with Crippen molar-refractivity contribution in [2.45, 2.75) is 31.7 Å². The highest BCUT2D eigenvalue weighted by Gasteiger charge is 2.08. The van der Waals surface area contributed by atoms with Crippen molar-refractivity contribution in [1.82, 2.24) is 15.4 Å². The van der Waals surface area contributed by atoms with Crippen LogP contribution in [-0.4, -0.2) is 41.6 Å². The standard InChI is InChI=1S/C22H32N4O3S/c1-18(21-8-5-4-6-9-21)29-15-7-14-25-22(23-2)26-16-19-10-12-20(13-11-19)17-30(27,28)24-3/h4-6,8-13,18,24H,7,14-17H2,1-3H3,(H2,23,25,26). The highest BCUT2D eigenvalue weighted by molar-refractivity contribution is 7.88. The molecule has 2 aromatic carbocycles. The third-order valence-corrected chi connectivity index (χ3v) is 5.96. The van der Waals surface area contributed by atoms with Gasteiger partial charge in [-0.15, -0.1) is 0 Å². The summed E-state index contributed by atoms with van der Waals surface area (Å²) in [6.45, 7) is 4.07. The Morgan fingerprint density at radius 2 is 1.70 bits per heavy atom. The van der Waals surface area contributed by atoms with Gasteiger partial charge in [-0.25, -0.2) is 13.1 Å². The largest absolute Gasteiger partial charge is 0.374 e. The van der Waals surface area contributed by atoms with E-state index in [9.17, 15) is 8.42 Å². The van der Waals surface area contributed by atoms with E-state index in [1.807, 2.05) is 42.5 Å². The van der Waals surface area contributed by atoms with Gasteiger partial charge in [0.15, 0.2) is 5.96 Å². The zero-order valence-electron chi connectivity index (χ0n) is 17.9. The number of hydrogen-bond donors (Lipinski definition) is 3. The molecule has 0 saturated heterocycles. The van der Waals surface area contributed by atoms with E-state index in [0.717, 1.165) is 24.1 Å². The molecular formula is C22H32N4O3S.